The number of carbonyl (C=O) groups excluding carboxylic acids is 1. The molecule has 1 amide bonds. The number of ether oxygens (including phenoxy) is 2. The Kier molecular flexibility index (Phi) is 6.42. The summed E-state index contributed by atoms with van der Waals surface area (Å²) >= 11 is 0. The van der Waals surface area contributed by atoms with Crippen LogP contribution in [0.2, 0.25) is 0 Å². The first-order valence-electron chi connectivity index (χ1n) is 9.17. The molecule has 1 aliphatic rings. The summed E-state index contributed by atoms with van der Waals surface area (Å²) in [4.78, 5) is 25.1. The number of hydrogen-bond donors (Lipinski definition) is 1. The number of benzene rings is 1. The van der Waals surface area contributed by atoms with Crippen molar-refractivity contribution >= 4 is 5.91 Å². The molecule has 2 heterocycles. The van der Waals surface area contributed by atoms with E-state index < -0.39 is 11.5 Å². The van der Waals surface area contributed by atoms with Crippen LogP contribution in [-0.4, -0.2) is 38.4 Å². The van der Waals surface area contributed by atoms with E-state index in [1.165, 1.54) is 5.56 Å². The Hall–Kier alpha value is -2.44. The van der Waals surface area contributed by atoms with Gasteiger partial charge in [-0.05, 0) is 37.0 Å². The molecule has 0 spiro atoms. The van der Waals surface area contributed by atoms with Crippen molar-refractivity contribution in [1.82, 2.24) is 5.32 Å². The van der Waals surface area contributed by atoms with Gasteiger partial charge in [0.1, 0.15) is 17.4 Å². The first-order valence-corrected chi connectivity index (χ1v) is 9.17. The zero-order valence-electron chi connectivity index (χ0n) is 15.7. The Morgan fingerprint density at radius 2 is 2.04 bits per heavy atom. The van der Waals surface area contributed by atoms with Crippen LogP contribution in [-0.2, 0) is 22.3 Å². The molecule has 27 heavy (non-hydrogen) atoms. The van der Waals surface area contributed by atoms with Crippen LogP contribution >= 0.6 is 0 Å². The standard InChI is InChI=1S/C21H25NO5/c1-14-12-16(9-8-15-6-4-3-5-7-15)27-21(24)19(14)20(23)22-17-10-11-26-13-18(17)25-2/h3-7,12,17-18H,8-11,13H2,1-2H3,(H,22,23)/t17-,18-/m0/s1. The summed E-state index contributed by atoms with van der Waals surface area (Å²) in [5.74, 6) is 0.156. The van der Waals surface area contributed by atoms with Gasteiger partial charge in [-0.25, -0.2) is 4.79 Å². The van der Waals surface area contributed by atoms with Gasteiger partial charge in [-0.1, -0.05) is 30.3 Å². The van der Waals surface area contributed by atoms with E-state index in [0.29, 0.717) is 37.4 Å². The molecule has 1 aromatic carbocycles. The first-order chi connectivity index (χ1) is 13.1. The minimum atomic E-state index is -0.600. The summed E-state index contributed by atoms with van der Waals surface area (Å²) < 4.78 is 16.1. The van der Waals surface area contributed by atoms with E-state index in [2.05, 4.69) is 5.32 Å². The molecule has 1 aliphatic heterocycles. The Morgan fingerprint density at radius 1 is 1.26 bits per heavy atom. The van der Waals surface area contributed by atoms with Crippen molar-refractivity contribution in [3.63, 3.8) is 0 Å². The minimum Gasteiger partial charge on any atom is -0.427 e. The van der Waals surface area contributed by atoms with Gasteiger partial charge in [-0.3, -0.25) is 4.79 Å². The van der Waals surface area contributed by atoms with Gasteiger partial charge >= 0.3 is 5.63 Å². The zero-order chi connectivity index (χ0) is 19.2. The van der Waals surface area contributed by atoms with Gasteiger partial charge < -0.3 is 19.2 Å². The fourth-order valence-corrected chi connectivity index (χ4v) is 3.33. The van der Waals surface area contributed by atoms with Gasteiger partial charge in [0.25, 0.3) is 5.91 Å². The van der Waals surface area contributed by atoms with Crippen LogP contribution in [0.5, 0.6) is 0 Å². The van der Waals surface area contributed by atoms with E-state index >= 15 is 0 Å². The fourth-order valence-electron chi connectivity index (χ4n) is 3.33. The topological polar surface area (TPSA) is 77.8 Å². The van der Waals surface area contributed by atoms with Crippen molar-refractivity contribution in [3.8, 4) is 0 Å². The zero-order valence-corrected chi connectivity index (χ0v) is 15.7. The number of nitrogens with one attached hydrogen (secondary N) is 1. The molecule has 6 heteroatoms. The fraction of sp³-hybridized carbons (Fsp3) is 0.429. The van der Waals surface area contributed by atoms with Crippen molar-refractivity contribution < 1.29 is 18.7 Å². The molecule has 1 saturated heterocycles. The SMILES string of the molecule is CO[C@H]1COCC[C@@H]1NC(=O)c1c(C)cc(CCc2ccccc2)oc1=O. The maximum absolute atomic E-state index is 12.6. The highest BCUT2D eigenvalue weighted by Gasteiger charge is 2.29. The van der Waals surface area contributed by atoms with E-state index in [1.807, 2.05) is 30.3 Å². The maximum Gasteiger partial charge on any atom is 0.349 e. The number of carbonyl (C=O) groups is 1. The number of amides is 1. The number of methoxy groups -OCH3 is 1. The van der Waals surface area contributed by atoms with E-state index in [0.717, 1.165) is 6.42 Å². The molecule has 0 aliphatic carbocycles. The summed E-state index contributed by atoms with van der Waals surface area (Å²) in [7, 11) is 1.58. The van der Waals surface area contributed by atoms with Crippen LogP contribution in [0.1, 0.15) is 33.7 Å². The molecule has 0 radical (unpaired) electrons. The number of hydrogen-bond acceptors (Lipinski definition) is 5. The van der Waals surface area contributed by atoms with Gasteiger partial charge in [0.05, 0.1) is 12.6 Å². The molecular weight excluding hydrogens is 346 g/mol. The lowest BCUT2D eigenvalue weighted by molar-refractivity contribution is -0.0479. The quantitative estimate of drug-likeness (QED) is 0.843. The van der Waals surface area contributed by atoms with Gasteiger partial charge in [-0.15, -0.1) is 0 Å². The number of aryl methyl sites for hydroxylation is 3. The average molecular weight is 371 g/mol. The van der Waals surface area contributed by atoms with Crippen molar-refractivity contribution in [2.24, 2.45) is 0 Å². The molecule has 0 unspecified atom stereocenters. The Balaban J connectivity index is 1.70. The second kappa shape index (κ2) is 8.97. The molecule has 6 nitrogen and oxygen atoms in total. The van der Waals surface area contributed by atoms with Crippen LogP contribution in [0.3, 0.4) is 0 Å². The van der Waals surface area contributed by atoms with Gasteiger partial charge in [0.15, 0.2) is 0 Å². The minimum absolute atomic E-state index is 0.0554. The maximum atomic E-state index is 12.6. The molecule has 144 valence electrons. The highest BCUT2D eigenvalue weighted by molar-refractivity contribution is 5.95. The molecule has 3 rings (SSSR count). The van der Waals surface area contributed by atoms with Gasteiger partial charge in [-0.2, -0.15) is 0 Å². The largest absolute Gasteiger partial charge is 0.427 e. The van der Waals surface area contributed by atoms with E-state index in [1.54, 1.807) is 20.1 Å². The second-order valence-corrected chi connectivity index (χ2v) is 6.76. The summed E-state index contributed by atoms with van der Waals surface area (Å²) in [6.45, 7) is 2.74. The van der Waals surface area contributed by atoms with Crippen LogP contribution in [0.15, 0.2) is 45.6 Å². The molecular formula is C21H25NO5. The lowest BCUT2D eigenvalue weighted by atomic mass is 10.0. The van der Waals surface area contributed by atoms with Crippen LogP contribution < -0.4 is 10.9 Å². The Morgan fingerprint density at radius 3 is 2.74 bits per heavy atom. The van der Waals surface area contributed by atoms with Gasteiger partial charge in [0, 0.05) is 20.1 Å². The summed E-state index contributed by atoms with van der Waals surface area (Å²) in [5.41, 5.74) is 1.24. The van der Waals surface area contributed by atoms with E-state index in [-0.39, 0.29) is 17.7 Å². The lowest BCUT2D eigenvalue weighted by Crippen LogP contribution is -2.50. The molecule has 1 N–H and O–H groups in total. The van der Waals surface area contributed by atoms with Crippen molar-refractivity contribution in [1.29, 1.82) is 0 Å². The summed E-state index contributed by atoms with van der Waals surface area (Å²) in [5, 5.41) is 2.89. The molecule has 1 aromatic heterocycles. The monoisotopic (exact) mass is 371 g/mol. The van der Waals surface area contributed by atoms with Crippen LogP contribution in [0, 0.1) is 6.92 Å². The van der Waals surface area contributed by atoms with Crippen LogP contribution in [0.4, 0.5) is 0 Å². The second-order valence-electron chi connectivity index (χ2n) is 6.76. The Bertz CT molecular complexity index is 830. The molecule has 1 fully saturated rings. The van der Waals surface area contributed by atoms with E-state index in [9.17, 15) is 9.59 Å². The lowest BCUT2D eigenvalue weighted by Gasteiger charge is -2.31. The van der Waals surface area contributed by atoms with Crippen LogP contribution in [0.25, 0.3) is 0 Å². The van der Waals surface area contributed by atoms with Crippen molar-refractivity contribution in [2.75, 3.05) is 20.3 Å². The Labute approximate surface area is 158 Å². The summed E-state index contributed by atoms with van der Waals surface area (Å²) in [6, 6.07) is 11.6. The highest BCUT2D eigenvalue weighted by atomic mass is 16.5. The predicted octanol–water partition coefficient (Wildman–Crippen LogP) is 2.27. The van der Waals surface area contributed by atoms with Gasteiger partial charge in [0.2, 0.25) is 0 Å². The smallest absolute Gasteiger partial charge is 0.349 e. The van der Waals surface area contributed by atoms with Crippen molar-refractivity contribution in [2.45, 2.75) is 38.3 Å². The first kappa shape index (κ1) is 19.3. The molecule has 2 atom stereocenters. The number of rotatable bonds is 6. The molecule has 0 bridgehead atoms. The average Bonchev–Trinajstić information content (AvgIpc) is 2.67. The molecule has 0 saturated carbocycles. The van der Waals surface area contributed by atoms with Crippen molar-refractivity contribution in [3.05, 3.63) is 69.3 Å². The third-order valence-corrected chi connectivity index (χ3v) is 4.85. The third kappa shape index (κ3) is 4.84. The van der Waals surface area contributed by atoms with E-state index in [4.69, 9.17) is 13.9 Å². The highest BCUT2D eigenvalue weighted by Crippen LogP contribution is 2.14. The predicted molar refractivity (Wildman–Crippen MR) is 101 cm³/mol. The molecule has 2 aromatic rings. The summed E-state index contributed by atoms with van der Waals surface area (Å²) in [6.07, 6.45) is 1.80. The normalized spacial score (nSPS) is 19.6. The third-order valence-electron chi connectivity index (χ3n) is 4.85.